The first-order chi connectivity index (χ1) is 13.2. The van der Waals surface area contributed by atoms with Gasteiger partial charge in [0.2, 0.25) is 0 Å². The molecule has 1 aliphatic heterocycles. The first kappa shape index (κ1) is 16.2. The Hall–Kier alpha value is -2.99. The molecule has 1 fully saturated rings. The lowest BCUT2D eigenvalue weighted by molar-refractivity contribution is 0.460. The van der Waals surface area contributed by atoms with Gasteiger partial charge in [0.25, 0.3) is 5.56 Å². The van der Waals surface area contributed by atoms with Crippen LogP contribution in [0.15, 0.2) is 47.4 Å². The number of aromatic nitrogens is 4. The molecule has 0 bridgehead atoms. The van der Waals surface area contributed by atoms with Crippen molar-refractivity contribution in [2.45, 2.75) is 18.8 Å². The quantitative estimate of drug-likeness (QED) is 0.577. The Morgan fingerprint density at radius 1 is 1.07 bits per heavy atom. The summed E-state index contributed by atoms with van der Waals surface area (Å²) < 4.78 is 1.79. The van der Waals surface area contributed by atoms with Gasteiger partial charge in [-0.05, 0) is 67.7 Å². The number of nitrogens with zero attached hydrogens (tertiary/aromatic N) is 3. The Morgan fingerprint density at radius 2 is 1.93 bits per heavy atom. The second-order valence-corrected chi connectivity index (χ2v) is 7.29. The molecule has 6 heteroatoms. The summed E-state index contributed by atoms with van der Waals surface area (Å²) in [5.41, 5.74) is 3.75. The molecule has 3 heterocycles. The Kier molecular flexibility index (Phi) is 3.79. The van der Waals surface area contributed by atoms with E-state index in [2.05, 4.69) is 27.5 Å². The fraction of sp³-hybridized carbons (Fsp3) is 0.286. The van der Waals surface area contributed by atoms with Gasteiger partial charge in [-0.25, -0.2) is 4.98 Å². The number of aryl methyl sites for hydroxylation is 1. The molecule has 0 radical (unpaired) electrons. The SMILES string of the molecule is Cn1cc2cc(-c3nc4cc(C5CCNCC5)ccc4c(=O)[nH]3)ccc2n1. The Bertz CT molecular complexity index is 1200. The number of hydrogen-bond donors (Lipinski definition) is 2. The molecule has 0 saturated carbocycles. The molecule has 1 saturated heterocycles. The fourth-order valence-electron chi connectivity index (χ4n) is 4.00. The number of piperidine rings is 1. The van der Waals surface area contributed by atoms with Gasteiger partial charge in [-0.15, -0.1) is 0 Å². The van der Waals surface area contributed by atoms with Crippen molar-refractivity contribution in [1.82, 2.24) is 25.1 Å². The fourth-order valence-corrected chi connectivity index (χ4v) is 4.00. The van der Waals surface area contributed by atoms with Crippen LogP contribution in [0.1, 0.15) is 24.3 Å². The van der Waals surface area contributed by atoms with Crippen LogP contribution in [0, 0.1) is 0 Å². The van der Waals surface area contributed by atoms with Crippen LogP contribution in [-0.2, 0) is 7.05 Å². The smallest absolute Gasteiger partial charge is 0.259 e. The number of aromatic amines is 1. The third-order valence-corrected chi connectivity index (χ3v) is 5.43. The minimum absolute atomic E-state index is 0.0989. The molecule has 2 aromatic heterocycles. The summed E-state index contributed by atoms with van der Waals surface area (Å²) in [4.78, 5) is 20.3. The highest BCUT2D eigenvalue weighted by Gasteiger charge is 2.16. The molecule has 5 rings (SSSR count). The molecule has 4 aromatic rings. The molecule has 2 aromatic carbocycles. The molecule has 1 aliphatic rings. The van der Waals surface area contributed by atoms with E-state index in [1.165, 1.54) is 5.56 Å². The molecule has 0 atom stereocenters. The van der Waals surface area contributed by atoms with Crippen LogP contribution < -0.4 is 10.9 Å². The summed E-state index contributed by atoms with van der Waals surface area (Å²) in [7, 11) is 1.90. The average molecular weight is 359 g/mol. The zero-order chi connectivity index (χ0) is 18.4. The van der Waals surface area contributed by atoms with E-state index in [-0.39, 0.29) is 5.56 Å². The number of benzene rings is 2. The maximum absolute atomic E-state index is 12.6. The summed E-state index contributed by atoms with van der Waals surface area (Å²) in [6.07, 6.45) is 4.21. The molecule has 0 spiro atoms. The van der Waals surface area contributed by atoms with E-state index in [0.29, 0.717) is 17.1 Å². The molecular weight excluding hydrogens is 338 g/mol. The van der Waals surface area contributed by atoms with Crippen LogP contribution in [0.25, 0.3) is 33.2 Å². The lowest BCUT2D eigenvalue weighted by Crippen LogP contribution is -2.26. The summed E-state index contributed by atoms with van der Waals surface area (Å²) in [6, 6.07) is 12.0. The average Bonchev–Trinajstić information content (AvgIpc) is 3.07. The van der Waals surface area contributed by atoms with Gasteiger partial charge in [0.1, 0.15) is 5.82 Å². The highest BCUT2D eigenvalue weighted by molar-refractivity contribution is 5.85. The lowest BCUT2D eigenvalue weighted by Gasteiger charge is -2.23. The first-order valence-corrected chi connectivity index (χ1v) is 9.36. The monoisotopic (exact) mass is 359 g/mol. The van der Waals surface area contributed by atoms with Gasteiger partial charge < -0.3 is 10.3 Å². The largest absolute Gasteiger partial charge is 0.317 e. The molecule has 0 amide bonds. The van der Waals surface area contributed by atoms with Crippen molar-refractivity contribution in [3.05, 3.63) is 58.5 Å². The number of nitrogens with one attached hydrogen (secondary N) is 2. The van der Waals surface area contributed by atoms with Gasteiger partial charge in [-0.1, -0.05) is 6.07 Å². The summed E-state index contributed by atoms with van der Waals surface area (Å²) in [5, 5.41) is 9.46. The Labute approximate surface area is 156 Å². The summed E-state index contributed by atoms with van der Waals surface area (Å²) >= 11 is 0. The first-order valence-electron chi connectivity index (χ1n) is 9.36. The van der Waals surface area contributed by atoms with Gasteiger partial charge in [0.05, 0.1) is 16.4 Å². The van der Waals surface area contributed by atoms with Crippen molar-refractivity contribution >= 4 is 21.8 Å². The van der Waals surface area contributed by atoms with Crippen molar-refractivity contribution < 1.29 is 0 Å². The van der Waals surface area contributed by atoms with Crippen LogP contribution in [0.3, 0.4) is 0 Å². The van der Waals surface area contributed by atoms with Gasteiger partial charge in [-0.3, -0.25) is 9.48 Å². The maximum Gasteiger partial charge on any atom is 0.259 e. The van der Waals surface area contributed by atoms with Crippen LogP contribution in [-0.4, -0.2) is 32.8 Å². The zero-order valence-electron chi connectivity index (χ0n) is 15.2. The van der Waals surface area contributed by atoms with E-state index in [9.17, 15) is 4.79 Å². The van der Waals surface area contributed by atoms with E-state index in [1.807, 2.05) is 37.5 Å². The van der Waals surface area contributed by atoms with Gasteiger partial charge in [0, 0.05) is 24.2 Å². The molecule has 0 aliphatic carbocycles. The van der Waals surface area contributed by atoms with Crippen LogP contribution in [0.5, 0.6) is 0 Å². The Balaban J connectivity index is 1.62. The van der Waals surface area contributed by atoms with Crippen molar-refractivity contribution in [2.75, 3.05) is 13.1 Å². The predicted molar refractivity (Wildman–Crippen MR) is 107 cm³/mol. The second kappa shape index (κ2) is 6.32. The van der Waals surface area contributed by atoms with E-state index in [0.717, 1.165) is 47.9 Å². The van der Waals surface area contributed by atoms with E-state index < -0.39 is 0 Å². The second-order valence-electron chi connectivity index (χ2n) is 7.29. The topological polar surface area (TPSA) is 75.6 Å². The molecule has 136 valence electrons. The molecule has 6 nitrogen and oxygen atoms in total. The summed E-state index contributed by atoms with van der Waals surface area (Å²) in [6.45, 7) is 2.09. The van der Waals surface area contributed by atoms with Crippen molar-refractivity contribution in [3.8, 4) is 11.4 Å². The highest BCUT2D eigenvalue weighted by atomic mass is 16.1. The number of hydrogen-bond acceptors (Lipinski definition) is 4. The standard InChI is InChI=1S/C21H21N5O/c1-26-12-16-10-15(3-5-18(16)25-26)20-23-19-11-14(13-6-8-22-9-7-13)2-4-17(19)21(27)24-20/h2-5,10-13,22H,6-9H2,1H3,(H,23,24,27). The van der Waals surface area contributed by atoms with Crippen LogP contribution >= 0.6 is 0 Å². The van der Waals surface area contributed by atoms with E-state index in [4.69, 9.17) is 4.98 Å². The molecule has 0 unspecified atom stereocenters. The number of H-pyrrole nitrogens is 1. The predicted octanol–water partition coefficient (Wildman–Crippen LogP) is 2.94. The summed E-state index contributed by atoms with van der Waals surface area (Å²) in [5.74, 6) is 1.13. The molecule has 27 heavy (non-hydrogen) atoms. The maximum atomic E-state index is 12.6. The zero-order valence-corrected chi connectivity index (χ0v) is 15.2. The third-order valence-electron chi connectivity index (χ3n) is 5.43. The van der Waals surface area contributed by atoms with Crippen molar-refractivity contribution in [1.29, 1.82) is 0 Å². The van der Waals surface area contributed by atoms with Crippen molar-refractivity contribution in [3.63, 3.8) is 0 Å². The van der Waals surface area contributed by atoms with Crippen molar-refractivity contribution in [2.24, 2.45) is 7.05 Å². The van der Waals surface area contributed by atoms with Crippen LogP contribution in [0.4, 0.5) is 0 Å². The normalized spacial score (nSPS) is 15.6. The molecular formula is C21H21N5O. The minimum atomic E-state index is -0.0989. The van der Waals surface area contributed by atoms with E-state index in [1.54, 1.807) is 4.68 Å². The molecule has 2 N–H and O–H groups in total. The van der Waals surface area contributed by atoms with Crippen LogP contribution in [0.2, 0.25) is 0 Å². The van der Waals surface area contributed by atoms with Gasteiger partial charge >= 0.3 is 0 Å². The lowest BCUT2D eigenvalue weighted by atomic mass is 9.90. The van der Waals surface area contributed by atoms with Gasteiger partial charge in [-0.2, -0.15) is 5.10 Å². The van der Waals surface area contributed by atoms with Gasteiger partial charge in [0.15, 0.2) is 0 Å². The highest BCUT2D eigenvalue weighted by Crippen LogP contribution is 2.27. The number of rotatable bonds is 2. The third kappa shape index (κ3) is 2.92. The Morgan fingerprint density at radius 3 is 2.78 bits per heavy atom. The minimum Gasteiger partial charge on any atom is -0.317 e. The number of fused-ring (bicyclic) bond motifs is 2. The van der Waals surface area contributed by atoms with E-state index >= 15 is 0 Å².